The SMILES string of the molecule is COC(=O)/N=C(SC)/C(=N/c1ccc(-c2noc(C)n2)cc1)c1cc(OC)c(O)c(OC)c1. The van der Waals surface area contributed by atoms with Crippen LogP contribution in [0.4, 0.5) is 10.5 Å². The number of carbonyl (C=O) groups is 1. The summed E-state index contributed by atoms with van der Waals surface area (Å²) in [5.74, 6) is 1.14. The number of phenolic OH excluding ortho intramolecular Hbond substituents is 1. The number of thioether (sulfide) groups is 1. The Bertz CT molecular complexity index is 1180. The lowest BCUT2D eigenvalue weighted by molar-refractivity contribution is 0.183. The van der Waals surface area contributed by atoms with Crippen LogP contribution in [0.2, 0.25) is 0 Å². The summed E-state index contributed by atoms with van der Waals surface area (Å²) in [6.07, 6.45) is 0.987. The summed E-state index contributed by atoms with van der Waals surface area (Å²) in [4.78, 5) is 24.8. The first-order valence-corrected chi connectivity index (χ1v) is 10.8. The lowest BCUT2D eigenvalue weighted by Gasteiger charge is -2.14. The van der Waals surface area contributed by atoms with Crippen molar-refractivity contribution in [2.24, 2.45) is 9.98 Å². The van der Waals surface area contributed by atoms with Crippen molar-refractivity contribution < 1.29 is 28.6 Å². The molecule has 2 aromatic carbocycles. The largest absolute Gasteiger partial charge is 0.502 e. The van der Waals surface area contributed by atoms with Crippen LogP contribution in [-0.4, -0.2) is 59.7 Å². The number of hydrogen-bond acceptors (Lipinski definition) is 10. The van der Waals surface area contributed by atoms with Crippen molar-refractivity contribution in [3.63, 3.8) is 0 Å². The quantitative estimate of drug-likeness (QED) is 0.411. The molecule has 0 spiro atoms. The van der Waals surface area contributed by atoms with E-state index in [9.17, 15) is 9.90 Å². The molecular weight excluding hydrogens is 448 g/mol. The third kappa shape index (κ3) is 5.50. The van der Waals surface area contributed by atoms with E-state index in [0.29, 0.717) is 33.7 Å². The molecule has 0 aliphatic heterocycles. The van der Waals surface area contributed by atoms with Gasteiger partial charge in [-0.1, -0.05) is 5.16 Å². The number of aromatic nitrogens is 2. The first kappa shape index (κ1) is 23.8. The summed E-state index contributed by atoms with van der Waals surface area (Å²) in [5.41, 5.74) is 2.20. The Labute approximate surface area is 194 Å². The number of carbonyl (C=O) groups excluding carboxylic acids is 1. The molecular formula is C22H22N4O6S. The first-order valence-electron chi connectivity index (χ1n) is 9.56. The molecule has 0 bridgehead atoms. The Morgan fingerprint density at radius 3 is 2.21 bits per heavy atom. The van der Waals surface area contributed by atoms with Crippen LogP contribution in [0.25, 0.3) is 11.4 Å². The molecule has 10 nitrogen and oxygen atoms in total. The fourth-order valence-electron chi connectivity index (χ4n) is 2.82. The number of methoxy groups -OCH3 is 3. The van der Waals surface area contributed by atoms with Crippen LogP contribution in [0, 0.1) is 6.92 Å². The molecule has 0 radical (unpaired) electrons. The maximum absolute atomic E-state index is 11.9. The third-order valence-corrected chi connectivity index (χ3v) is 5.08. The monoisotopic (exact) mass is 470 g/mol. The van der Waals surface area contributed by atoms with E-state index in [1.165, 1.54) is 33.1 Å². The normalized spacial score (nSPS) is 11.9. The number of benzene rings is 2. The fraction of sp³-hybridized carbons (Fsp3) is 0.227. The molecule has 172 valence electrons. The molecule has 0 saturated carbocycles. The van der Waals surface area contributed by atoms with Crippen molar-refractivity contribution in [1.29, 1.82) is 0 Å². The van der Waals surface area contributed by atoms with Crippen LogP contribution in [0.3, 0.4) is 0 Å². The van der Waals surface area contributed by atoms with E-state index in [4.69, 9.17) is 19.0 Å². The molecule has 0 fully saturated rings. The minimum absolute atomic E-state index is 0.154. The summed E-state index contributed by atoms with van der Waals surface area (Å²) in [5, 5.41) is 14.5. The van der Waals surface area contributed by atoms with E-state index < -0.39 is 6.09 Å². The molecule has 1 N–H and O–H groups in total. The van der Waals surface area contributed by atoms with E-state index in [2.05, 4.69) is 19.9 Å². The minimum Gasteiger partial charge on any atom is -0.502 e. The van der Waals surface area contributed by atoms with Crippen molar-refractivity contribution in [2.45, 2.75) is 6.92 Å². The second-order valence-electron chi connectivity index (χ2n) is 6.46. The Kier molecular flexibility index (Phi) is 7.67. The van der Waals surface area contributed by atoms with Gasteiger partial charge in [0.15, 0.2) is 11.5 Å². The lowest BCUT2D eigenvalue weighted by atomic mass is 10.1. The summed E-state index contributed by atoms with van der Waals surface area (Å²) in [6, 6.07) is 10.3. The number of rotatable bonds is 6. The molecule has 0 aliphatic rings. The van der Waals surface area contributed by atoms with Gasteiger partial charge in [-0.05, 0) is 42.7 Å². The van der Waals surface area contributed by atoms with E-state index in [1.807, 2.05) is 0 Å². The molecule has 1 amide bonds. The van der Waals surface area contributed by atoms with Crippen molar-refractivity contribution in [1.82, 2.24) is 10.1 Å². The van der Waals surface area contributed by atoms with E-state index >= 15 is 0 Å². The van der Waals surface area contributed by atoms with Crippen molar-refractivity contribution in [3.8, 4) is 28.6 Å². The van der Waals surface area contributed by atoms with Crippen LogP contribution in [-0.2, 0) is 4.74 Å². The summed E-state index contributed by atoms with van der Waals surface area (Å²) < 4.78 is 20.2. The Morgan fingerprint density at radius 1 is 1.09 bits per heavy atom. The molecule has 0 saturated heterocycles. The summed E-state index contributed by atoms with van der Waals surface area (Å²) in [7, 11) is 4.09. The number of amides is 1. The van der Waals surface area contributed by atoms with Crippen LogP contribution >= 0.6 is 11.8 Å². The lowest BCUT2D eigenvalue weighted by Crippen LogP contribution is -2.15. The number of ether oxygens (including phenoxy) is 3. The van der Waals surface area contributed by atoms with Gasteiger partial charge in [0.1, 0.15) is 10.8 Å². The summed E-state index contributed by atoms with van der Waals surface area (Å²) in [6.45, 7) is 1.71. The molecule has 3 aromatic rings. The number of aryl methyl sites for hydroxylation is 1. The second kappa shape index (κ2) is 10.6. The van der Waals surface area contributed by atoms with Gasteiger partial charge in [0.05, 0.1) is 27.0 Å². The van der Waals surface area contributed by atoms with Crippen LogP contribution < -0.4 is 9.47 Å². The number of hydrogen-bond donors (Lipinski definition) is 1. The molecule has 1 aromatic heterocycles. The van der Waals surface area contributed by atoms with Gasteiger partial charge < -0.3 is 23.8 Å². The molecule has 1 heterocycles. The van der Waals surface area contributed by atoms with Gasteiger partial charge >= 0.3 is 6.09 Å². The zero-order valence-electron chi connectivity index (χ0n) is 18.6. The van der Waals surface area contributed by atoms with E-state index in [0.717, 1.165) is 5.56 Å². The zero-order chi connectivity index (χ0) is 24.0. The zero-order valence-corrected chi connectivity index (χ0v) is 19.5. The topological polar surface area (TPSA) is 129 Å². The number of nitrogens with zero attached hydrogens (tertiary/aromatic N) is 4. The van der Waals surface area contributed by atoms with Crippen LogP contribution in [0.5, 0.6) is 17.2 Å². The standard InChI is InChI=1S/C22H22N4O6S/c1-12-23-20(26-32-12)13-6-8-15(9-7-13)24-18(21(33-5)25-22(28)31-4)14-10-16(29-2)19(27)17(11-14)30-3/h6-11,27H,1-5H3/b24-18+,25-21-. The highest BCUT2D eigenvalue weighted by molar-refractivity contribution is 8.15. The van der Waals surface area contributed by atoms with E-state index in [-0.39, 0.29) is 17.2 Å². The van der Waals surface area contributed by atoms with Crippen molar-refractivity contribution in [3.05, 3.63) is 47.9 Å². The van der Waals surface area contributed by atoms with Gasteiger partial charge in [-0.15, -0.1) is 11.8 Å². The van der Waals surface area contributed by atoms with Crippen LogP contribution in [0.1, 0.15) is 11.5 Å². The highest BCUT2D eigenvalue weighted by Crippen LogP contribution is 2.38. The second-order valence-corrected chi connectivity index (χ2v) is 7.26. The molecule has 3 rings (SSSR count). The predicted molar refractivity (Wildman–Crippen MR) is 125 cm³/mol. The average Bonchev–Trinajstić information content (AvgIpc) is 3.27. The van der Waals surface area contributed by atoms with Gasteiger partial charge in [0.2, 0.25) is 17.5 Å². The average molecular weight is 471 g/mol. The van der Waals surface area contributed by atoms with Crippen molar-refractivity contribution in [2.75, 3.05) is 27.6 Å². The summed E-state index contributed by atoms with van der Waals surface area (Å²) >= 11 is 1.21. The smallest absolute Gasteiger partial charge is 0.434 e. The van der Waals surface area contributed by atoms with E-state index in [1.54, 1.807) is 49.6 Å². The highest BCUT2D eigenvalue weighted by atomic mass is 32.2. The molecule has 0 atom stereocenters. The minimum atomic E-state index is -0.771. The Balaban J connectivity index is 2.14. The number of aromatic hydroxyl groups is 1. The number of phenols is 1. The maximum Gasteiger partial charge on any atom is 0.434 e. The van der Waals surface area contributed by atoms with Gasteiger partial charge in [0, 0.05) is 18.1 Å². The van der Waals surface area contributed by atoms with Gasteiger partial charge in [-0.2, -0.15) is 9.98 Å². The molecule has 0 aliphatic carbocycles. The van der Waals surface area contributed by atoms with Gasteiger partial charge in [-0.25, -0.2) is 9.79 Å². The predicted octanol–water partition coefficient (Wildman–Crippen LogP) is 4.42. The van der Waals surface area contributed by atoms with Gasteiger partial charge in [0.25, 0.3) is 0 Å². The third-order valence-electron chi connectivity index (χ3n) is 4.41. The Morgan fingerprint density at radius 2 is 1.73 bits per heavy atom. The number of aliphatic imine (C=N–C) groups is 2. The fourth-order valence-corrected chi connectivity index (χ4v) is 3.34. The molecule has 0 unspecified atom stereocenters. The highest BCUT2D eigenvalue weighted by Gasteiger charge is 2.19. The Hall–Kier alpha value is -3.86. The van der Waals surface area contributed by atoms with Crippen molar-refractivity contribution >= 4 is 34.3 Å². The molecule has 33 heavy (non-hydrogen) atoms. The maximum atomic E-state index is 11.9. The first-order chi connectivity index (χ1) is 15.9. The molecule has 11 heteroatoms. The van der Waals surface area contributed by atoms with Gasteiger partial charge in [-0.3, -0.25) is 0 Å². The van der Waals surface area contributed by atoms with Crippen LogP contribution in [0.15, 0.2) is 50.9 Å².